The van der Waals surface area contributed by atoms with Crippen LogP contribution in [0, 0.1) is 0 Å². The Hall–Kier alpha value is -0.770. The number of piperidine rings is 1. The summed E-state index contributed by atoms with van der Waals surface area (Å²) in [4.78, 5) is 6.94. The molecule has 4 heteroatoms. The molecule has 0 amide bonds. The summed E-state index contributed by atoms with van der Waals surface area (Å²) in [5.74, 6) is 1.12. The normalized spacial score (nSPS) is 25.1. The molecular weight excluding hydrogens is 200 g/mol. The van der Waals surface area contributed by atoms with E-state index in [1.54, 1.807) is 0 Å². The summed E-state index contributed by atoms with van der Waals surface area (Å²) in [6.07, 6.45) is 5.21. The van der Waals surface area contributed by atoms with Crippen molar-refractivity contribution in [2.45, 2.75) is 38.6 Å². The molecule has 2 aliphatic heterocycles. The maximum atomic E-state index is 4.52. The van der Waals surface area contributed by atoms with E-state index in [4.69, 9.17) is 0 Å². The van der Waals surface area contributed by atoms with Gasteiger partial charge in [-0.05, 0) is 25.8 Å². The van der Waals surface area contributed by atoms with Crippen LogP contribution in [0.25, 0.3) is 0 Å². The Morgan fingerprint density at radius 1 is 1.38 bits per heavy atom. The monoisotopic (exact) mass is 224 g/mol. The average Bonchev–Trinajstić information content (AvgIpc) is 2.83. The minimum absolute atomic E-state index is 0.658. The lowest BCUT2D eigenvalue weighted by Gasteiger charge is -2.31. The number of nitrogens with zero attached hydrogens (tertiary/aromatic N) is 2. The molecule has 0 aromatic rings. The molecule has 1 saturated heterocycles. The molecule has 2 rings (SSSR count). The molecule has 2 N–H and O–H groups in total. The van der Waals surface area contributed by atoms with Gasteiger partial charge in [0.25, 0.3) is 0 Å². The second kappa shape index (κ2) is 6.09. The van der Waals surface area contributed by atoms with Gasteiger partial charge in [0.05, 0.1) is 6.54 Å². The Morgan fingerprint density at radius 3 is 2.94 bits per heavy atom. The van der Waals surface area contributed by atoms with E-state index in [0.717, 1.165) is 32.1 Å². The van der Waals surface area contributed by atoms with Crippen molar-refractivity contribution < 1.29 is 0 Å². The van der Waals surface area contributed by atoms with Gasteiger partial charge in [0.2, 0.25) is 0 Å². The van der Waals surface area contributed by atoms with E-state index in [9.17, 15) is 0 Å². The van der Waals surface area contributed by atoms with Crippen LogP contribution in [0.5, 0.6) is 0 Å². The van der Waals surface area contributed by atoms with Crippen molar-refractivity contribution in [2.24, 2.45) is 4.99 Å². The van der Waals surface area contributed by atoms with Crippen LogP contribution in [0.3, 0.4) is 0 Å². The van der Waals surface area contributed by atoms with Crippen LogP contribution in [-0.4, -0.2) is 49.6 Å². The predicted octanol–water partition coefficient (Wildman–Crippen LogP) is 0.800. The Morgan fingerprint density at radius 2 is 2.31 bits per heavy atom. The van der Waals surface area contributed by atoms with Crippen LogP contribution in [0.1, 0.15) is 32.6 Å². The summed E-state index contributed by atoms with van der Waals surface area (Å²) < 4.78 is 0. The van der Waals surface area contributed by atoms with Crippen LogP contribution in [0.15, 0.2) is 4.99 Å². The van der Waals surface area contributed by atoms with Crippen LogP contribution in [0.2, 0.25) is 0 Å². The number of rotatable bonds is 4. The van der Waals surface area contributed by atoms with E-state index in [1.807, 2.05) is 0 Å². The van der Waals surface area contributed by atoms with E-state index in [1.165, 1.54) is 32.2 Å². The first-order valence-corrected chi connectivity index (χ1v) is 6.67. The summed E-state index contributed by atoms with van der Waals surface area (Å²) in [7, 11) is 0. The first kappa shape index (κ1) is 11.7. The molecule has 2 aliphatic rings. The Labute approximate surface area is 98.5 Å². The fourth-order valence-corrected chi connectivity index (χ4v) is 2.50. The van der Waals surface area contributed by atoms with Gasteiger partial charge < -0.3 is 15.5 Å². The van der Waals surface area contributed by atoms with Crippen molar-refractivity contribution >= 4 is 5.96 Å². The van der Waals surface area contributed by atoms with Crippen molar-refractivity contribution in [3.05, 3.63) is 0 Å². The smallest absolute Gasteiger partial charge is 0.194 e. The third kappa shape index (κ3) is 3.11. The van der Waals surface area contributed by atoms with Crippen molar-refractivity contribution in [1.82, 2.24) is 15.5 Å². The summed E-state index contributed by atoms with van der Waals surface area (Å²) in [6.45, 7) is 7.59. The zero-order chi connectivity index (χ0) is 11.2. The minimum Gasteiger partial charge on any atom is -0.354 e. The van der Waals surface area contributed by atoms with E-state index in [2.05, 4.69) is 27.4 Å². The average molecular weight is 224 g/mol. The van der Waals surface area contributed by atoms with Gasteiger partial charge in [0, 0.05) is 25.7 Å². The molecule has 0 spiro atoms. The lowest BCUT2D eigenvalue weighted by molar-refractivity contribution is 0.303. The van der Waals surface area contributed by atoms with Crippen LogP contribution >= 0.6 is 0 Å². The molecule has 92 valence electrons. The highest BCUT2D eigenvalue weighted by Gasteiger charge is 2.19. The zero-order valence-corrected chi connectivity index (χ0v) is 10.3. The molecule has 1 fully saturated rings. The fraction of sp³-hybridized carbons (Fsp3) is 0.917. The largest absolute Gasteiger partial charge is 0.354 e. The van der Waals surface area contributed by atoms with Gasteiger partial charge in [0.1, 0.15) is 0 Å². The van der Waals surface area contributed by atoms with Crippen molar-refractivity contribution in [3.8, 4) is 0 Å². The number of hydrogen-bond acceptors (Lipinski definition) is 4. The van der Waals surface area contributed by atoms with Gasteiger partial charge in [-0.3, -0.25) is 4.99 Å². The summed E-state index contributed by atoms with van der Waals surface area (Å²) in [6, 6.07) is 0.658. The Bertz CT molecular complexity index is 233. The van der Waals surface area contributed by atoms with Crippen molar-refractivity contribution in [3.63, 3.8) is 0 Å². The highest BCUT2D eigenvalue weighted by atomic mass is 15.3. The van der Waals surface area contributed by atoms with Gasteiger partial charge in [-0.15, -0.1) is 0 Å². The molecule has 0 aliphatic carbocycles. The molecule has 16 heavy (non-hydrogen) atoms. The number of hydrogen-bond donors (Lipinski definition) is 2. The topological polar surface area (TPSA) is 39.7 Å². The minimum atomic E-state index is 0.658. The zero-order valence-electron chi connectivity index (χ0n) is 10.3. The predicted molar refractivity (Wildman–Crippen MR) is 67.8 cm³/mol. The molecule has 1 atom stereocenters. The second-order valence-electron chi connectivity index (χ2n) is 4.72. The Balaban J connectivity index is 1.85. The van der Waals surface area contributed by atoms with Gasteiger partial charge in [0.15, 0.2) is 5.96 Å². The maximum Gasteiger partial charge on any atom is 0.194 e. The molecular formula is C12H24N4. The van der Waals surface area contributed by atoms with Gasteiger partial charge in [-0.2, -0.15) is 0 Å². The third-order valence-corrected chi connectivity index (χ3v) is 3.30. The highest BCUT2D eigenvalue weighted by molar-refractivity contribution is 5.81. The lowest BCUT2D eigenvalue weighted by Crippen LogP contribution is -2.48. The summed E-state index contributed by atoms with van der Waals surface area (Å²) >= 11 is 0. The molecule has 4 nitrogen and oxygen atoms in total. The summed E-state index contributed by atoms with van der Waals surface area (Å²) in [5, 5.41) is 6.99. The van der Waals surface area contributed by atoms with Gasteiger partial charge >= 0.3 is 0 Å². The molecule has 1 unspecified atom stereocenters. The quantitative estimate of drug-likeness (QED) is 0.742. The molecule has 0 saturated carbocycles. The van der Waals surface area contributed by atoms with Crippen LogP contribution in [0.4, 0.5) is 0 Å². The van der Waals surface area contributed by atoms with Gasteiger partial charge in [-0.1, -0.05) is 13.3 Å². The van der Waals surface area contributed by atoms with E-state index in [0.29, 0.717) is 6.04 Å². The van der Waals surface area contributed by atoms with Gasteiger partial charge in [-0.25, -0.2) is 0 Å². The third-order valence-electron chi connectivity index (χ3n) is 3.30. The van der Waals surface area contributed by atoms with Crippen molar-refractivity contribution in [1.29, 1.82) is 0 Å². The standard InChI is InChI=1S/C12H24N4/c1-2-9-16(12-14-7-8-15-12)10-11-5-3-4-6-13-11/h11,13H,2-10H2,1H3,(H,14,15). The molecule has 0 aromatic carbocycles. The molecule has 0 bridgehead atoms. The number of guanidine groups is 1. The number of aliphatic imine (C=N–C) groups is 1. The first-order chi connectivity index (χ1) is 7.90. The molecule has 0 aromatic heterocycles. The van der Waals surface area contributed by atoms with Crippen LogP contribution < -0.4 is 10.6 Å². The van der Waals surface area contributed by atoms with E-state index >= 15 is 0 Å². The molecule has 2 heterocycles. The Kier molecular flexibility index (Phi) is 4.45. The van der Waals surface area contributed by atoms with E-state index in [-0.39, 0.29) is 0 Å². The summed E-state index contributed by atoms with van der Waals surface area (Å²) in [5.41, 5.74) is 0. The molecule has 0 radical (unpaired) electrons. The maximum absolute atomic E-state index is 4.52. The van der Waals surface area contributed by atoms with Crippen molar-refractivity contribution in [2.75, 3.05) is 32.7 Å². The first-order valence-electron chi connectivity index (χ1n) is 6.67. The highest BCUT2D eigenvalue weighted by Crippen LogP contribution is 2.09. The lowest BCUT2D eigenvalue weighted by atomic mass is 10.0. The van der Waals surface area contributed by atoms with E-state index < -0.39 is 0 Å². The number of nitrogens with one attached hydrogen (secondary N) is 2. The SMILES string of the molecule is CCCN(CC1CCCCN1)C1=NCCN1. The fourth-order valence-electron chi connectivity index (χ4n) is 2.50. The second-order valence-corrected chi connectivity index (χ2v) is 4.72. The van der Waals surface area contributed by atoms with Crippen LogP contribution in [-0.2, 0) is 0 Å².